The topological polar surface area (TPSA) is 114 Å². The van der Waals surface area contributed by atoms with Gasteiger partial charge in [-0.3, -0.25) is 9.48 Å². The lowest BCUT2D eigenvalue weighted by molar-refractivity contribution is 0.0247. The van der Waals surface area contributed by atoms with Gasteiger partial charge in [-0.2, -0.15) is 5.10 Å². The highest BCUT2D eigenvalue weighted by Gasteiger charge is 2.30. The maximum atomic E-state index is 14.8. The SMILES string of the molecule is Cn1ncc(NC(=O)c2csc(-c3c(F)cc(O[C@H]4CCOC4)cc3F)n2)c1[C@@H]1CC[C@@H](N)[C@H](F)CO1. The molecule has 37 heavy (non-hydrogen) atoms. The average Bonchev–Trinajstić information content (AvgIpc) is 3.59. The minimum absolute atomic E-state index is 0.0115. The molecule has 9 nitrogen and oxygen atoms in total. The highest BCUT2D eigenvalue weighted by atomic mass is 32.1. The van der Waals surface area contributed by atoms with Crippen molar-refractivity contribution < 1.29 is 32.2 Å². The predicted octanol–water partition coefficient (Wildman–Crippen LogP) is 3.76. The molecule has 0 spiro atoms. The Balaban J connectivity index is 1.32. The number of aromatic nitrogens is 3. The molecule has 4 heterocycles. The zero-order valence-electron chi connectivity index (χ0n) is 20.0. The van der Waals surface area contributed by atoms with Gasteiger partial charge in [-0.25, -0.2) is 18.2 Å². The van der Waals surface area contributed by atoms with E-state index in [9.17, 15) is 18.0 Å². The van der Waals surface area contributed by atoms with E-state index in [-0.39, 0.29) is 34.7 Å². The zero-order chi connectivity index (χ0) is 26.1. The number of thiazole rings is 1. The van der Waals surface area contributed by atoms with Crippen molar-refractivity contribution in [3.8, 4) is 16.3 Å². The number of amides is 1. The van der Waals surface area contributed by atoms with Crippen LogP contribution in [0, 0.1) is 11.6 Å². The molecule has 1 amide bonds. The van der Waals surface area contributed by atoms with Gasteiger partial charge in [0.1, 0.15) is 46.5 Å². The van der Waals surface area contributed by atoms with Crippen LogP contribution >= 0.6 is 11.3 Å². The van der Waals surface area contributed by atoms with Crippen molar-refractivity contribution in [3.63, 3.8) is 0 Å². The van der Waals surface area contributed by atoms with Crippen LogP contribution in [0.4, 0.5) is 18.9 Å². The highest BCUT2D eigenvalue weighted by molar-refractivity contribution is 7.13. The number of hydrogen-bond acceptors (Lipinski definition) is 8. The minimum atomic E-state index is -1.28. The lowest BCUT2D eigenvalue weighted by atomic mass is 10.0. The third kappa shape index (κ3) is 5.49. The largest absolute Gasteiger partial charge is 0.488 e. The summed E-state index contributed by atoms with van der Waals surface area (Å²) >= 11 is 0.935. The van der Waals surface area contributed by atoms with E-state index in [1.165, 1.54) is 11.6 Å². The molecule has 2 saturated heterocycles. The number of carbonyl (C=O) groups is 1. The Hall–Kier alpha value is -3.00. The summed E-state index contributed by atoms with van der Waals surface area (Å²) < 4.78 is 61.7. The van der Waals surface area contributed by atoms with Crippen molar-refractivity contribution in [2.75, 3.05) is 25.1 Å². The monoisotopic (exact) mass is 537 g/mol. The molecule has 0 unspecified atom stereocenters. The minimum Gasteiger partial charge on any atom is -0.488 e. The number of rotatable bonds is 6. The molecule has 0 bridgehead atoms. The van der Waals surface area contributed by atoms with Crippen LogP contribution in [0.2, 0.25) is 0 Å². The van der Waals surface area contributed by atoms with Gasteiger partial charge in [0.05, 0.1) is 43.0 Å². The van der Waals surface area contributed by atoms with E-state index >= 15 is 0 Å². The molecule has 0 radical (unpaired) electrons. The average molecular weight is 538 g/mol. The maximum absolute atomic E-state index is 14.8. The van der Waals surface area contributed by atoms with Crippen LogP contribution in [-0.2, 0) is 16.5 Å². The molecule has 0 saturated carbocycles. The van der Waals surface area contributed by atoms with E-state index < -0.39 is 35.9 Å². The molecule has 4 atom stereocenters. The number of benzene rings is 1. The fourth-order valence-electron chi connectivity index (χ4n) is 4.38. The molecule has 5 rings (SSSR count). The molecular formula is C24H26F3N5O4S. The Bertz CT molecular complexity index is 1240. The van der Waals surface area contributed by atoms with E-state index in [1.54, 1.807) is 11.7 Å². The second-order valence-electron chi connectivity index (χ2n) is 9.00. The van der Waals surface area contributed by atoms with E-state index in [0.717, 1.165) is 23.5 Å². The molecule has 3 aromatic rings. The summed E-state index contributed by atoms with van der Waals surface area (Å²) in [4.78, 5) is 17.1. The molecule has 2 aromatic heterocycles. The van der Waals surface area contributed by atoms with Crippen molar-refractivity contribution in [2.24, 2.45) is 12.8 Å². The molecule has 2 aliphatic heterocycles. The Morgan fingerprint density at radius 1 is 1.24 bits per heavy atom. The summed E-state index contributed by atoms with van der Waals surface area (Å²) in [5.41, 5.74) is 6.39. The fraction of sp³-hybridized carbons (Fsp3) is 0.458. The first-order valence-electron chi connectivity index (χ1n) is 11.8. The summed E-state index contributed by atoms with van der Waals surface area (Å²) in [5.74, 6) is -2.22. The Morgan fingerprint density at radius 3 is 2.76 bits per heavy atom. The van der Waals surface area contributed by atoms with Crippen molar-refractivity contribution in [3.05, 3.63) is 46.7 Å². The number of ether oxygens (including phenoxy) is 3. The van der Waals surface area contributed by atoms with Crippen molar-refractivity contribution in [2.45, 2.75) is 43.7 Å². The molecular weight excluding hydrogens is 511 g/mol. The van der Waals surface area contributed by atoms with Crippen molar-refractivity contribution >= 4 is 22.9 Å². The number of alkyl halides is 1. The molecule has 0 aliphatic carbocycles. The molecule has 198 valence electrons. The van der Waals surface area contributed by atoms with Gasteiger partial charge < -0.3 is 25.3 Å². The number of nitrogens with zero attached hydrogens (tertiary/aromatic N) is 3. The van der Waals surface area contributed by atoms with E-state index in [1.807, 2.05) is 0 Å². The molecule has 2 fully saturated rings. The van der Waals surface area contributed by atoms with Crippen LogP contribution in [0.1, 0.15) is 41.5 Å². The molecule has 1 aromatic carbocycles. The summed E-state index contributed by atoms with van der Waals surface area (Å²) in [7, 11) is 1.69. The van der Waals surface area contributed by atoms with Crippen molar-refractivity contribution in [1.29, 1.82) is 0 Å². The first kappa shape index (κ1) is 25.6. The quantitative estimate of drug-likeness (QED) is 0.492. The molecule has 13 heteroatoms. The first-order chi connectivity index (χ1) is 17.8. The van der Waals surface area contributed by atoms with Gasteiger partial charge >= 0.3 is 0 Å². The van der Waals surface area contributed by atoms with Gasteiger partial charge in [0.25, 0.3) is 5.91 Å². The molecule has 3 N–H and O–H groups in total. The summed E-state index contributed by atoms with van der Waals surface area (Å²) in [6, 6.07) is 1.57. The van der Waals surface area contributed by atoms with Gasteiger partial charge in [0, 0.05) is 37.0 Å². The van der Waals surface area contributed by atoms with Crippen molar-refractivity contribution in [1.82, 2.24) is 14.8 Å². The lowest BCUT2D eigenvalue weighted by Crippen LogP contribution is -2.32. The summed E-state index contributed by atoms with van der Waals surface area (Å²) in [5, 5.41) is 8.34. The third-order valence-corrected chi connectivity index (χ3v) is 7.24. The van der Waals surface area contributed by atoms with Crippen LogP contribution in [0.15, 0.2) is 23.7 Å². The highest BCUT2D eigenvalue weighted by Crippen LogP contribution is 2.34. The van der Waals surface area contributed by atoms with E-state index in [2.05, 4.69) is 15.4 Å². The number of nitrogens with two attached hydrogens (primary N) is 1. The maximum Gasteiger partial charge on any atom is 0.275 e. The first-order valence-corrected chi connectivity index (χ1v) is 12.7. The number of carbonyl (C=O) groups excluding carboxylic acids is 1. The Morgan fingerprint density at radius 2 is 2.03 bits per heavy atom. The van der Waals surface area contributed by atoms with Crippen LogP contribution < -0.4 is 15.8 Å². The molecule has 2 aliphatic rings. The smallest absolute Gasteiger partial charge is 0.275 e. The van der Waals surface area contributed by atoms with Gasteiger partial charge in [0.15, 0.2) is 0 Å². The zero-order valence-corrected chi connectivity index (χ0v) is 20.8. The number of hydrogen-bond donors (Lipinski definition) is 2. The van der Waals surface area contributed by atoms with Crippen LogP contribution in [0.3, 0.4) is 0 Å². The van der Waals surface area contributed by atoms with E-state index in [0.29, 0.717) is 43.9 Å². The van der Waals surface area contributed by atoms with Gasteiger partial charge in [0.2, 0.25) is 0 Å². The van der Waals surface area contributed by atoms with Crippen LogP contribution in [0.25, 0.3) is 10.6 Å². The predicted molar refractivity (Wildman–Crippen MR) is 129 cm³/mol. The Kier molecular flexibility index (Phi) is 7.47. The normalized spacial score (nSPS) is 24.1. The summed E-state index contributed by atoms with van der Waals surface area (Å²) in [6.45, 7) is 0.749. The number of halogens is 3. The fourth-order valence-corrected chi connectivity index (χ4v) is 5.23. The standard InChI is InChI=1S/C24H26F3N5O4S/c1-32-22(20-3-2-17(28)16(27)10-35-20)18(8-29-32)30-23(33)19-11-37-24(31-19)21-14(25)6-13(7-15(21)26)36-12-4-5-34-9-12/h6-8,11-12,16-17,20H,2-5,9-10,28H2,1H3,(H,30,33)/t12-,16+,17+,20-/m0/s1. The number of aryl methyl sites for hydroxylation is 1. The third-order valence-electron chi connectivity index (χ3n) is 6.38. The van der Waals surface area contributed by atoms with E-state index in [4.69, 9.17) is 19.9 Å². The lowest BCUT2D eigenvalue weighted by Gasteiger charge is -2.17. The van der Waals surface area contributed by atoms with Gasteiger partial charge in [-0.15, -0.1) is 11.3 Å². The number of nitrogens with one attached hydrogen (secondary N) is 1. The summed E-state index contributed by atoms with van der Waals surface area (Å²) in [6.07, 6.45) is 0.922. The second kappa shape index (κ2) is 10.8. The number of anilines is 1. The van der Waals surface area contributed by atoms with Gasteiger partial charge in [-0.05, 0) is 12.8 Å². The Labute approximate surface area is 214 Å². The van der Waals surface area contributed by atoms with Gasteiger partial charge in [-0.1, -0.05) is 0 Å². The van der Waals surface area contributed by atoms with Crippen LogP contribution in [-0.4, -0.2) is 58.8 Å². The second-order valence-corrected chi connectivity index (χ2v) is 9.86. The van der Waals surface area contributed by atoms with Crippen LogP contribution in [0.5, 0.6) is 5.75 Å².